The number of rotatable bonds is 4. The number of thiazole rings is 1. The molecule has 0 spiro atoms. The zero-order valence-corrected chi connectivity index (χ0v) is 13.2. The average Bonchev–Trinajstić information content (AvgIpc) is 2.91. The van der Waals surface area contributed by atoms with Crippen molar-refractivity contribution in [2.24, 2.45) is 0 Å². The molecule has 2 N–H and O–H groups in total. The molecule has 0 aliphatic rings. The smallest absolute Gasteiger partial charge is 0.213 e. The Kier molecular flexibility index (Phi) is 4.17. The quantitative estimate of drug-likeness (QED) is 0.851. The highest BCUT2D eigenvalue weighted by Crippen LogP contribution is 2.35. The fraction of sp³-hybridized carbons (Fsp3) is 0.583. The van der Waals surface area contributed by atoms with Crippen molar-refractivity contribution in [3.8, 4) is 10.7 Å². The largest absolute Gasteiger partial charge is 0.384 e. The van der Waals surface area contributed by atoms with E-state index >= 15 is 0 Å². The van der Waals surface area contributed by atoms with Crippen molar-refractivity contribution in [3.63, 3.8) is 0 Å². The molecule has 0 aliphatic heterocycles. The van der Waals surface area contributed by atoms with Crippen LogP contribution in [0.25, 0.3) is 10.7 Å². The zero-order valence-electron chi connectivity index (χ0n) is 11.5. The van der Waals surface area contributed by atoms with E-state index in [2.05, 4.69) is 36.0 Å². The lowest BCUT2D eigenvalue weighted by Gasteiger charge is -2.16. The monoisotopic (exact) mass is 298 g/mol. The van der Waals surface area contributed by atoms with E-state index in [0.29, 0.717) is 11.4 Å². The Balaban J connectivity index is 2.45. The van der Waals surface area contributed by atoms with Crippen LogP contribution < -0.4 is 0 Å². The summed E-state index contributed by atoms with van der Waals surface area (Å²) in [4.78, 5) is 10.1. The summed E-state index contributed by atoms with van der Waals surface area (Å²) in [7, 11) is 1.70. The molecule has 2 heterocycles. The molecule has 0 atom stereocenters. The van der Waals surface area contributed by atoms with Crippen LogP contribution in [0.5, 0.6) is 0 Å². The lowest BCUT2D eigenvalue weighted by molar-refractivity contribution is 0.202. The molecule has 2 rings (SSSR count). The highest BCUT2D eigenvalue weighted by Gasteiger charge is 2.25. The first-order chi connectivity index (χ1) is 8.91. The summed E-state index contributed by atoms with van der Waals surface area (Å²) in [5, 5.41) is 6.89. The van der Waals surface area contributed by atoms with Gasteiger partial charge in [0.15, 0.2) is 5.82 Å². The Hall–Kier alpha value is -1.05. The Morgan fingerprint density at radius 2 is 2.00 bits per heavy atom. The third-order valence-electron chi connectivity index (χ3n) is 2.62. The van der Waals surface area contributed by atoms with Gasteiger partial charge in [-0.3, -0.25) is 10.2 Å². The summed E-state index contributed by atoms with van der Waals surface area (Å²) in [5.41, 5.74) is 1.01. The predicted octanol–water partition coefficient (Wildman–Crippen LogP) is 3.08. The van der Waals surface area contributed by atoms with Gasteiger partial charge < -0.3 is 4.74 Å². The summed E-state index contributed by atoms with van der Waals surface area (Å²) in [6, 6.07) is 0. The van der Waals surface area contributed by atoms with Crippen molar-refractivity contribution in [3.05, 3.63) is 15.5 Å². The Bertz CT molecular complexity index is 606. The number of ether oxygens (including phenoxy) is 1. The lowest BCUT2D eigenvalue weighted by Crippen LogP contribution is -2.13. The van der Waals surface area contributed by atoms with Gasteiger partial charge in [-0.1, -0.05) is 20.8 Å². The molecule has 7 heteroatoms. The molecule has 19 heavy (non-hydrogen) atoms. The van der Waals surface area contributed by atoms with Crippen LogP contribution in [0.15, 0.2) is 0 Å². The van der Waals surface area contributed by atoms with E-state index in [4.69, 9.17) is 21.9 Å². The number of aromatic amines is 2. The summed E-state index contributed by atoms with van der Waals surface area (Å²) in [6.45, 7) is 7.11. The molecule has 0 amide bonds. The maximum absolute atomic E-state index is 5.11. The molecular weight excluding hydrogens is 280 g/mol. The van der Waals surface area contributed by atoms with Gasteiger partial charge in [0.25, 0.3) is 0 Å². The number of hydrogen-bond donors (Lipinski definition) is 2. The van der Waals surface area contributed by atoms with Crippen LogP contribution in [-0.4, -0.2) is 33.9 Å². The second-order valence-corrected chi connectivity index (χ2v) is 6.76. The molecule has 0 aliphatic carbocycles. The number of nitrogens with zero attached hydrogens (tertiary/aromatic N) is 2. The van der Waals surface area contributed by atoms with E-state index in [0.717, 1.165) is 27.8 Å². The van der Waals surface area contributed by atoms with Crippen LogP contribution in [0, 0.1) is 4.77 Å². The number of aromatic nitrogens is 4. The lowest BCUT2D eigenvalue weighted by atomic mass is 9.91. The Labute approximate surface area is 121 Å². The molecule has 0 aromatic carbocycles. The molecule has 0 unspecified atom stereocenters. The third kappa shape index (κ3) is 3.29. The van der Waals surface area contributed by atoms with Crippen molar-refractivity contribution in [2.45, 2.75) is 32.6 Å². The molecule has 0 radical (unpaired) electrons. The van der Waals surface area contributed by atoms with Gasteiger partial charge in [-0.25, -0.2) is 4.98 Å². The SMILES string of the molecule is COCCc1nc(C(C)(C)C)c(-c2nc(=S)[nH][nH]2)s1. The summed E-state index contributed by atoms with van der Waals surface area (Å²) in [5.74, 6) is 0.760. The highest BCUT2D eigenvalue weighted by molar-refractivity contribution is 7.71. The first-order valence-electron chi connectivity index (χ1n) is 6.06. The molecule has 0 saturated carbocycles. The van der Waals surface area contributed by atoms with Gasteiger partial charge >= 0.3 is 0 Å². The normalized spacial score (nSPS) is 12.0. The molecule has 104 valence electrons. The summed E-state index contributed by atoms with van der Waals surface area (Å²) in [6.07, 6.45) is 0.815. The highest BCUT2D eigenvalue weighted by atomic mass is 32.1. The van der Waals surface area contributed by atoms with Crippen LogP contribution in [0.4, 0.5) is 0 Å². The number of hydrogen-bond acceptors (Lipinski definition) is 5. The minimum atomic E-state index is -0.0361. The van der Waals surface area contributed by atoms with Crippen molar-refractivity contribution in [2.75, 3.05) is 13.7 Å². The Morgan fingerprint density at radius 3 is 2.53 bits per heavy atom. The molecule has 5 nitrogen and oxygen atoms in total. The summed E-state index contributed by atoms with van der Waals surface area (Å²) < 4.78 is 5.57. The van der Waals surface area contributed by atoms with E-state index in [1.54, 1.807) is 18.4 Å². The van der Waals surface area contributed by atoms with Gasteiger partial charge in [0, 0.05) is 18.9 Å². The van der Waals surface area contributed by atoms with E-state index in [9.17, 15) is 0 Å². The molecular formula is C12H18N4OS2. The predicted molar refractivity (Wildman–Crippen MR) is 79.2 cm³/mol. The molecule has 0 saturated heterocycles. The molecule has 2 aromatic heterocycles. The van der Waals surface area contributed by atoms with E-state index in [-0.39, 0.29) is 5.41 Å². The van der Waals surface area contributed by atoms with Gasteiger partial charge in [-0.2, -0.15) is 4.98 Å². The topological polar surface area (TPSA) is 66.6 Å². The minimum absolute atomic E-state index is 0.0361. The van der Waals surface area contributed by atoms with Crippen LogP contribution in [0.2, 0.25) is 0 Å². The van der Waals surface area contributed by atoms with Crippen molar-refractivity contribution >= 4 is 23.6 Å². The second kappa shape index (κ2) is 5.52. The van der Waals surface area contributed by atoms with Gasteiger partial charge in [0.05, 0.1) is 22.2 Å². The van der Waals surface area contributed by atoms with Gasteiger partial charge in [0.2, 0.25) is 4.77 Å². The van der Waals surface area contributed by atoms with E-state index in [1.807, 2.05) is 0 Å². The van der Waals surface area contributed by atoms with Crippen LogP contribution in [0.3, 0.4) is 0 Å². The zero-order chi connectivity index (χ0) is 14.0. The Morgan fingerprint density at radius 1 is 1.26 bits per heavy atom. The molecule has 2 aromatic rings. The second-order valence-electron chi connectivity index (χ2n) is 5.29. The summed E-state index contributed by atoms with van der Waals surface area (Å²) >= 11 is 6.65. The average molecular weight is 298 g/mol. The van der Waals surface area contributed by atoms with Crippen molar-refractivity contribution in [1.82, 2.24) is 20.2 Å². The fourth-order valence-corrected chi connectivity index (χ4v) is 3.05. The van der Waals surface area contributed by atoms with Gasteiger partial charge in [0.1, 0.15) is 0 Å². The van der Waals surface area contributed by atoms with Gasteiger partial charge in [-0.15, -0.1) is 11.3 Å². The minimum Gasteiger partial charge on any atom is -0.384 e. The van der Waals surface area contributed by atoms with Crippen LogP contribution >= 0.6 is 23.6 Å². The number of methoxy groups -OCH3 is 1. The van der Waals surface area contributed by atoms with E-state index in [1.165, 1.54) is 0 Å². The van der Waals surface area contributed by atoms with Crippen LogP contribution in [-0.2, 0) is 16.6 Å². The van der Waals surface area contributed by atoms with E-state index < -0.39 is 0 Å². The molecule has 0 bridgehead atoms. The third-order valence-corrected chi connectivity index (χ3v) is 3.93. The van der Waals surface area contributed by atoms with Crippen molar-refractivity contribution < 1.29 is 4.74 Å². The maximum atomic E-state index is 5.11. The first kappa shape index (κ1) is 14.4. The van der Waals surface area contributed by atoms with Gasteiger partial charge in [-0.05, 0) is 12.2 Å². The molecule has 0 fully saturated rings. The standard InChI is InChI=1S/C12H18N4OS2/c1-12(2,3)9-8(10-14-11(18)16-15-10)19-7(13-9)5-6-17-4/h5-6H2,1-4H3,(H2,14,15,16,18). The first-order valence-corrected chi connectivity index (χ1v) is 7.28. The maximum Gasteiger partial charge on any atom is 0.213 e. The number of H-pyrrole nitrogens is 2. The van der Waals surface area contributed by atoms with Crippen molar-refractivity contribution in [1.29, 1.82) is 0 Å². The fourth-order valence-electron chi connectivity index (χ4n) is 1.71. The number of nitrogens with one attached hydrogen (secondary N) is 2. The van der Waals surface area contributed by atoms with Crippen LogP contribution in [0.1, 0.15) is 31.5 Å².